The predicted octanol–water partition coefficient (Wildman–Crippen LogP) is 3.41. The third-order valence-corrected chi connectivity index (χ3v) is 3.99. The van der Waals surface area contributed by atoms with Crippen molar-refractivity contribution < 1.29 is 9.13 Å². The SMILES string of the molecule is CCC(C)C1(C)C[C@@H](N)c2cc(F)ccc2O1. The van der Waals surface area contributed by atoms with Gasteiger partial charge in [-0.05, 0) is 37.5 Å². The molecule has 1 heterocycles. The van der Waals surface area contributed by atoms with Crippen molar-refractivity contribution in [1.29, 1.82) is 0 Å². The molecule has 0 spiro atoms. The Morgan fingerprint density at radius 2 is 2.29 bits per heavy atom. The van der Waals surface area contributed by atoms with Crippen molar-refractivity contribution in [2.75, 3.05) is 0 Å². The summed E-state index contributed by atoms with van der Waals surface area (Å²) in [4.78, 5) is 0. The minimum atomic E-state index is -0.255. The van der Waals surface area contributed by atoms with Crippen LogP contribution in [0.1, 0.15) is 45.2 Å². The van der Waals surface area contributed by atoms with Crippen LogP contribution in [0.25, 0.3) is 0 Å². The van der Waals surface area contributed by atoms with Crippen molar-refractivity contribution in [3.63, 3.8) is 0 Å². The quantitative estimate of drug-likeness (QED) is 0.855. The van der Waals surface area contributed by atoms with Gasteiger partial charge in [-0.2, -0.15) is 0 Å². The first kappa shape index (κ1) is 12.4. The van der Waals surface area contributed by atoms with Gasteiger partial charge in [0.2, 0.25) is 0 Å². The first-order valence-corrected chi connectivity index (χ1v) is 6.20. The zero-order valence-corrected chi connectivity index (χ0v) is 10.7. The van der Waals surface area contributed by atoms with Gasteiger partial charge in [0.05, 0.1) is 0 Å². The Balaban J connectivity index is 2.36. The lowest BCUT2D eigenvalue weighted by Crippen LogP contribution is -2.45. The van der Waals surface area contributed by atoms with Gasteiger partial charge in [-0.25, -0.2) is 4.39 Å². The van der Waals surface area contributed by atoms with Gasteiger partial charge in [-0.3, -0.25) is 0 Å². The maximum atomic E-state index is 13.2. The Morgan fingerprint density at radius 1 is 1.59 bits per heavy atom. The van der Waals surface area contributed by atoms with Crippen molar-refractivity contribution in [2.24, 2.45) is 11.7 Å². The van der Waals surface area contributed by atoms with Gasteiger partial charge in [0.1, 0.15) is 17.2 Å². The molecule has 2 rings (SSSR count). The second-order valence-electron chi connectivity index (χ2n) is 5.22. The largest absolute Gasteiger partial charge is 0.487 e. The van der Waals surface area contributed by atoms with E-state index in [-0.39, 0.29) is 17.5 Å². The first-order valence-electron chi connectivity index (χ1n) is 6.20. The van der Waals surface area contributed by atoms with Crippen LogP contribution in [0.4, 0.5) is 4.39 Å². The molecule has 0 bridgehead atoms. The van der Waals surface area contributed by atoms with E-state index < -0.39 is 0 Å². The fourth-order valence-corrected chi connectivity index (χ4v) is 2.48. The van der Waals surface area contributed by atoms with Crippen LogP contribution in [-0.2, 0) is 0 Å². The number of fused-ring (bicyclic) bond motifs is 1. The molecule has 0 fully saturated rings. The van der Waals surface area contributed by atoms with Crippen LogP contribution in [0.15, 0.2) is 18.2 Å². The average molecular weight is 237 g/mol. The smallest absolute Gasteiger partial charge is 0.125 e. The molecule has 0 saturated heterocycles. The van der Waals surface area contributed by atoms with Gasteiger partial charge in [0, 0.05) is 18.0 Å². The molecule has 0 radical (unpaired) electrons. The third-order valence-electron chi connectivity index (χ3n) is 3.99. The van der Waals surface area contributed by atoms with Gasteiger partial charge in [0.25, 0.3) is 0 Å². The van der Waals surface area contributed by atoms with E-state index in [9.17, 15) is 4.39 Å². The molecule has 0 aliphatic carbocycles. The van der Waals surface area contributed by atoms with Gasteiger partial charge in [-0.15, -0.1) is 0 Å². The first-order chi connectivity index (χ1) is 7.96. The summed E-state index contributed by atoms with van der Waals surface area (Å²) >= 11 is 0. The summed E-state index contributed by atoms with van der Waals surface area (Å²) in [5.41, 5.74) is 6.67. The molecule has 1 aliphatic rings. The summed E-state index contributed by atoms with van der Waals surface area (Å²) in [5.74, 6) is 0.898. The van der Waals surface area contributed by atoms with Crippen LogP contribution in [-0.4, -0.2) is 5.60 Å². The Morgan fingerprint density at radius 3 is 2.94 bits per heavy atom. The van der Waals surface area contributed by atoms with Crippen LogP contribution >= 0.6 is 0 Å². The standard InChI is InChI=1S/C14H20FNO/c1-4-9(2)14(3)8-12(16)11-7-10(15)5-6-13(11)17-14/h5-7,9,12H,4,8,16H2,1-3H3/t9?,12-,14?/m1/s1. The van der Waals surface area contributed by atoms with Crippen LogP contribution in [0.3, 0.4) is 0 Å². The molecule has 3 heteroatoms. The molecule has 94 valence electrons. The van der Waals surface area contributed by atoms with Gasteiger partial charge < -0.3 is 10.5 Å². The number of nitrogens with two attached hydrogens (primary N) is 1. The third kappa shape index (κ3) is 2.16. The average Bonchev–Trinajstić information content (AvgIpc) is 2.29. The molecule has 1 aromatic rings. The lowest BCUT2D eigenvalue weighted by Gasteiger charge is -2.42. The number of ether oxygens (including phenoxy) is 1. The van der Waals surface area contributed by atoms with Crippen molar-refractivity contribution in [1.82, 2.24) is 0 Å². The summed E-state index contributed by atoms with van der Waals surface area (Å²) in [5, 5.41) is 0. The fourth-order valence-electron chi connectivity index (χ4n) is 2.48. The van der Waals surface area contributed by atoms with Crippen LogP contribution < -0.4 is 10.5 Å². The van der Waals surface area contributed by atoms with E-state index in [1.807, 2.05) is 0 Å². The molecule has 0 amide bonds. The predicted molar refractivity (Wildman–Crippen MR) is 66.4 cm³/mol. The van der Waals surface area contributed by atoms with Crippen molar-refractivity contribution >= 4 is 0 Å². The molecule has 1 aromatic carbocycles. The van der Waals surface area contributed by atoms with Crippen LogP contribution in [0, 0.1) is 11.7 Å². The Bertz CT molecular complexity index is 421. The zero-order valence-electron chi connectivity index (χ0n) is 10.7. The minimum Gasteiger partial charge on any atom is -0.487 e. The Hall–Kier alpha value is -1.09. The molecular weight excluding hydrogens is 217 g/mol. The maximum absolute atomic E-state index is 13.2. The number of rotatable bonds is 2. The molecule has 0 saturated carbocycles. The lowest BCUT2D eigenvalue weighted by atomic mass is 9.79. The van der Waals surface area contributed by atoms with E-state index in [4.69, 9.17) is 10.5 Å². The van der Waals surface area contributed by atoms with Gasteiger partial charge in [-0.1, -0.05) is 13.8 Å². The summed E-state index contributed by atoms with van der Waals surface area (Å²) in [7, 11) is 0. The monoisotopic (exact) mass is 237 g/mol. The maximum Gasteiger partial charge on any atom is 0.125 e. The topological polar surface area (TPSA) is 35.2 Å². The van der Waals surface area contributed by atoms with Crippen LogP contribution in [0.2, 0.25) is 0 Å². The normalized spacial score (nSPS) is 29.4. The number of hydrogen-bond donors (Lipinski definition) is 1. The summed E-state index contributed by atoms with van der Waals surface area (Å²) < 4.78 is 19.2. The molecule has 2 nitrogen and oxygen atoms in total. The molecule has 3 atom stereocenters. The highest BCUT2D eigenvalue weighted by molar-refractivity contribution is 5.39. The molecule has 2 N–H and O–H groups in total. The van der Waals surface area contributed by atoms with E-state index in [1.54, 1.807) is 6.07 Å². The number of benzene rings is 1. The van der Waals surface area contributed by atoms with E-state index in [0.29, 0.717) is 5.92 Å². The Kier molecular flexibility index (Phi) is 3.13. The van der Waals surface area contributed by atoms with E-state index in [0.717, 1.165) is 24.2 Å². The highest BCUT2D eigenvalue weighted by Gasteiger charge is 2.39. The number of hydrogen-bond acceptors (Lipinski definition) is 2. The van der Waals surface area contributed by atoms with E-state index in [1.165, 1.54) is 12.1 Å². The van der Waals surface area contributed by atoms with Gasteiger partial charge in [0.15, 0.2) is 0 Å². The Labute approximate surface area is 102 Å². The molecule has 17 heavy (non-hydrogen) atoms. The molecule has 0 aromatic heterocycles. The lowest BCUT2D eigenvalue weighted by molar-refractivity contribution is 0.00240. The zero-order chi connectivity index (χ0) is 12.6. The molecule has 1 aliphatic heterocycles. The van der Waals surface area contributed by atoms with Crippen molar-refractivity contribution in [2.45, 2.75) is 45.3 Å². The highest BCUT2D eigenvalue weighted by atomic mass is 19.1. The summed E-state index contributed by atoms with van der Waals surface area (Å²) in [6, 6.07) is 4.45. The van der Waals surface area contributed by atoms with E-state index >= 15 is 0 Å². The fraction of sp³-hybridized carbons (Fsp3) is 0.571. The second-order valence-corrected chi connectivity index (χ2v) is 5.22. The minimum absolute atomic E-state index is 0.145. The summed E-state index contributed by atoms with van der Waals surface area (Å²) in [6.07, 6.45) is 1.78. The van der Waals surface area contributed by atoms with Gasteiger partial charge >= 0.3 is 0 Å². The number of halogens is 1. The molecular formula is C14H20FNO. The summed E-state index contributed by atoms with van der Waals surface area (Å²) in [6.45, 7) is 6.40. The van der Waals surface area contributed by atoms with E-state index in [2.05, 4.69) is 20.8 Å². The second kappa shape index (κ2) is 4.30. The van der Waals surface area contributed by atoms with Crippen molar-refractivity contribution in [3.05, 3.63) is 29.6 Å². The van der Waals surface area contributed by atoms with Crippen LogP contribution in [0.5, 0.6) is 5.75 Å². The molecule has 2 unspecified atom stereocenters. The highest BCUT2D eigenvalue weighted by Crippen LogP contribution is 2.42. The van der Waals surface area contributed by atoms with Crippen molar-refractivity contribution in [3.8, 4) is 5.75 Å².